The minimum Gasteiger partial charge on any atom is -0.339 e. The Morgan fingerprint density at radius 2 is 1.77 bits per heavy atom. The number of anilines is 1. The van der Waals surface area contributed by atoms with E-state index in [0.717, 1.165) is 11.3 Å². The lowest BCUT2D eigenvalue weighted by Gasteiger charge is -2.12. The van der Waals surface area contributed by atoms with E-state index >= 15 is 0 Å². The summed E-state index contributed by atoms with van der Waals surface area (Å²) < 4.78 is 38.9. The second kappa shape index (κ2) is 6.25. The molecular formula is C16H18F3N3. The number of nitrogens with one attached hydrogen (secondary N) is 1. The molecule has 0 radical (unpaired) electrons. The molecule has 0 unspecified atom stereocenters. The van der Waals surface area contributed by atoms with Gasteiger partial charge in [0.15, 0.2) is 0 Å². The first-order valence-electron chi connectivity index (χ1n) is 6.85. The number of hydrazone groups is 1. The van der Waals surface area contributed by atoms with Gasteiger partial charge in [-0.1, -0.05) is 17.7 Å². The SMILES string of the molecule is Cc1ccc(NN=Cc2cc(C)n(CC(F)(F)F)c2C)cc1. The van der Waals surface area contributed by atoms with Crippen molar-refractivity contribution in [3.05, 3.63) is 52.8 Å². The average molecular weight is 309 g/mol. The minimum atomic E-state index is -4.23. The molecule has 22 heavy (non-hydrogen) atoms. The molecular weight excluding hydrogens is 291 g/mol. The maximum Gasteiger partial charge on any atom is 0.406 e. The van der Waals surface area contributed by atoms with Crippen molar-refractivity contribution in [2.45, 2.75) is 33.5 Å². The third kappa shape index (κ3) is 4.13. The van der Waals surface area contributed by atoms with Gasteiger partial charge in [0.1, 0.15) is 6.54 Å². The number of benzene rings is 1. The highest BCUT2D eigenvalue weighted by Crippen LogP contribution is 2.22. The van der Waals surface area contributed by atoms with Crippen molar-refractivity contribution in [3.8, 4) is 0 Å². The van der Waals surface area contributed by atoms with Crippen molar-refractivity contribution in [2.24, 2.45) is 5.10 Å². The van der Waals surface area contributed by atoms with Crippen LogP contribution in [-0.2, 0) is 6.54 Å². The van der Waals surface area contributed by atoms with E-state index in [1.807, 2.05) is 31.2 Å². The maximum absolute atomic E-state index is 12.5. The van der Waals surface area contributed by atoms with Gasteiger partial charge in [-0.05, 0) is 39.0 Å². The Labute approximate surface area is 127 Å². The van der Waals surface area contributed by atoms with Crippen LogP contribution in [0.2, 0.25) is 0 Å². The van der Waals surface area contributed by atoms with Crippen LogP contribution < -0.4 is 5.43 Å². The number of nitrogens with zero attached hydrogens (tertiary/aromatic N) is 2. The van der Waals surface area contributed by atoms with Crippen molar-refractivity contribution >= 4 is 11.9 Å². The van der Waals surface area contributed by atoms with Crippen LogP contribution in [0.4, 0.5) is 18.9 Å². The highest BCUT2D eigenvalue weighted by molar-refractivity contribution is 5.82. The predicted molar refractivity (Wildman–Crippen MR) is 82.4 cm³/mol. The molecule has 1 N–H and O–H groups in total. The zero-order valence-corrected chi connectivity index (χ0v) is 12.7. The smallest absolute Gasteiger partial charge is 0.339 e. The number of aryl methyl sites for hydroxylation is 2. The van der Waals surface area contributed by atoms with Gasteiger partial charge in [-0.15, -0.1) is 0 Å². The van der Waals surface area contributed by atoms with E-state index in [9.17, 15) is 13.2 Å². The fourth-order valence-corrected chi connectivity index (χ4v) is 2.19. The van der Waals surface area contributed by atoms with Crippen LogP contribution in [-0.4, -0.2) is 17.0 Å². The van der Waals surface area contributed by atoms with Crippen molar-refractivity contribution in [2.75, 3.05) is 5.43 Å². The quantitative estimate of drug-likeness (QED) is 0.657. The molecule has 0 aliphatic heterocycles. The normalized spacial score (nSPS) is 12.1. The first-order valence-corrected chi connectivity index (χ1v) is 6.85. The molecule has 0 amide bonds. The Bertz CT molecular complexity index is 667. The number of hydrogen-bond donors (Lipinski definition) is 1. The molecule has 118 valence electrons. The molecule has 2 aromatic rings. The van der Waals surface area contributed by atoms with E-state index in [2.05, 4.69) is 10.5 Å². The summed E-state index contributed by atoms with van der Waals surface area (Å²) >= 11 is 0. The average Bonchev–Trinajstić information content (AvgIpc) is 2.67. The summed E-state index contributed by atoms with van der Waals surface area (Å²) in [5, 5.41) is 4.08. The van der Waals surface area contributed by atoms with Gasteiger partial charge in [0.2, 0.25) is 0 Å². The molecule has 0 aliphatic rings. The van der Waals surface area contributed by atoms with E-state index in [1.165, 1.54) is 10.8 Å². The number of rotatable bonds is 4. The molecule has 1 heterocycles. The van der Waals surface area contributed by atoms with E-state index in [1.54, 1.807) is 19.9 Å². The lowest BCUT2D eigenvalue weighted by molar-refractivity contribution is -0.141. The fourth-order valence-electron chi connectivity index (χ4n) is 2.19. The Morgan fingerprint density at radius 1 is 1.14 bits per heavy atom. The zero-order valence-electron chi connectivity index (χ0n) is 12.7. The van der Waals surface area contributed by atoms with Gasteiger partial charge in [-0.2, -0.15) is 18.3 Å². The second-order valence-electron chi connectivity index (χ2n) is 5.26. The number of halogens is 3. The molecule has 1 aromatic carbocycles. The molecule has 2 rings (SSSR count). The fraction of sp³-hybridized carbons (Fsp3) is 0.312. The maximum atomic E-state index is 12.5. The molecule has 0 fully saturated rings. The van der Waals surface area contributed by atoms with Gasteiger partial charge in [0.25, 0.3) is 0 Å². The number of alkyl halides is 3. The summed E-state index contributed by atoms with van der Waals surface area (Å²) in [6, 6.07) is 9.38. The Hall–Kier alpha value is -2.24. The number of aromatic nitrogens is 1. The lowest BCUT2D eigenvalue weighted by atomic mass is 10.2. The van der Waals surface area contributed by atoms with Crippen molar-refractivity contribution in [1.82, 2.24) is 4.57 Å². The third-order valence-electron chi connectivity index (χ3n) is 3.40. The summed E-state index contributed by atoms with van der Waals surface area (Å²) in [4.78, 5) is 0. The van der Waals surface area contributed by atoms with Crippen LogP contribution in [0, 0.1) is 20.8 Å². The van der Waals surface area contributed by atoms with E-state index in [0.29, 0.717) is 17.0 Å². The van der Waals surface area contributed by atoms with E-state index in [-0.39, 0.29) is 0 Å². The molecule has 0 aliphatic carbocycles. The van der Waals surface area contributed by atoms with Gasteiger partial charge in [-0.3, -0.25) is 5.43 Å². The highest BCUT2D eigenvalue weighted by Gasteiger charge is 2.29. The highest BCUT2D eigenvalue weighted by atomic mass is 19.4. The molecule has 0 saturated heterocycles. The van der Waals surface area contributed by atoms with E-state index < -0.39 is 12.7 Å². The van der Waals surface area contributed by atoms with Crippen LogP contribution in [0.5, 0.6) is 0 Å². The lowest BCUT2D eigenvalue weighted by Crippen LogP contribution is -2.19. The molecule has 0 saturated carbocycles. The van der Waals surface area contributed by atoms with Gasteiger partial charge >= 0.3 is 6.18 Å². The van der Waals surface area contributed by atoms with Crippen molar-refractivity contribution in [3.63, 3.8) is 0 Å². The third-order valence-corrected chi connectivity index (χ3v) is 3.40. The van der Waals surface area contributed by atoms with Crippen LogP contribution >= 0.6 is 0 Å². The molecule has 0 bridgehead atoms. The van der Waals surface area contributed by atoms with Gasteiger partial charge in [0, 0.05) is 17.0 Å². The van der Waals surface area contributed by atoms with Crippen LogP contribution in [0.15, 0.2) is 35.4 Å². The van der Waals surface area contributed by atoms with Crippen molar-refractivity contribution < 1.29 is 13.2 Å². The summed E-state index contributed by atoms with van der Waals surface area (Å²) in [5.41, 5.74) is 6.61. The van der Waals surface area contributed by atoms with Crippen molar-refractivity contribution in [1.29, 1.82) is 0 Å². The minimum absolute atomic E-state index is 0.546. The first-order chi connectivity index (χ1) is 10.3. The molecule has 6 heteroatoms. The van der Waals surface area contributed by atoms with Crippen LogP contribution in [0.25, 0.3) is 0 Å². The van der Waals surface area contributed by atoms with Crippen LogP contribution in [0.1, 0.15) is 22.5 Å². The Morgan fingerprint density at radius 3 is 2.36 bits per heavy atom. The summed E-state index contributed by atoms with van der Waals surface area (Å²) in [6.07, 6.45) is -2.70. The summed E-state index contributed by atoms with van der Waals surface area (Å²) in [7, 11) is 0. The first kappa shape index (κ1) is 16.1. The Kier molecular flexibility index (Phi) is 4.59. The van der Waals surface area contributed by atoms with Gasteiger partial charge in [0.05, 0.1) is 11.9 Å². The van der Waals surface area contributed by atoms with Gasteiger partial charge < -0.3 is 4.57 Å². The van der Waals surface area contributed by atoms with Crippen LogP contribution in [0.3, 0.4) is 0 Å². The Balaban J connectivity index is 2.11. The standard InChI is InChI=1S/C16H18F3N3/c1-11-4-6-15(7-5-11)21-20-9-14-8-12(2)22(13(14)3)10-16(17,18)19/h4-9,21H,10H2,1-3H3. The second-order valence-corrected chi connectivity index (χ2v) is 5.26. The number of hydrogen-bond acceptors (Lipinski definition) is 2. The zero-order chi connectivity index (χ0) is 16.3. The monoisotopic (exact) mass is 309 g/mol. The molecule has 1 aromatic heterocycles. The largest absolute Gasteiger partial charge is 0.406 e. The summed E-state index contributed by atoms with van der Waals surface area (Å²) in [5.74, 6) is 0. The predicted octanol–water partition coefficient (Wildman–Crippen LogP) is 4.42. The molecule has 0 spiro atoms. The van der Waals surface area contributed by atoms with Gasteiger partial charge in [-0.25, -0.2) is 0 Å². The molecule has 0 atom stereocenters. The molecule has 3 nitrogen and oxygen atoms in total. The summed E-state index contributed by atoms with van der Waals surface area (Å²) in [6.45, 7) is 4.32. The van der Waals surface area contributed by atoms with E-state index in [4.69, 9.17) is 0 Å². The topological polar surface area (TPSA) is 29.3 Å².